The molecule has 184 valence electrons. The van der Waals surface area contributed by atoms with Crippen molar-refractivity contribution in [2.45, 2.75) is 36.6 Å². The molecule has 0 atom stereocenters. The topological polar surface area (TPSA) is 86.7 Å². The molecule has 0 aliphatic carbocycles. The highest BCUT2D eigenvalue weighted by atomic mass is 32.2. The minimum absolute atomic E-state index is 0.0312. The van der Waals surface area contributed by atoms with Crippen LogP contribution in [0.2, 0.25) is 0 Å². The van der Waals surface area contributed by atoms with Gasteiger partial charge in [0.1, 0.15) is 0 Å². The van der Waals surface area contributed by atoms with Crippen LogP contribution in [0.15, 0.2) is 35.6 Å². The lowest BCUT2D eigenvalue weighted by atomic mass is 10.0. The standard InChI is InChI=1S/C21H23F4N5O3S/c1-34(32,33)18-3-2-14(11-26-18)13-29-8-9-30(20(29)31)16-4-6-28(7-5-16)19-17(22)10-15(12-27-19)21(23,24)25/h2-3,10-12,16H,4-9,13H2,1H3. The number of sulfone groups is 1. The quantitative estimate of drug-likeness (QED) is 0.586. The van der Waals surface area contributed by atoms with Crippen molar-refractivity contribution in [3.8, 4) is 0 Å². The Morgan fingerprint density at radius 2 is 1.76 bits per heavy atom. The molecule has 2 aliphatic heterocycles. The van der Waals surface area contributed by atoms with Crippen LogP contribution in [0.4, 0.5) is 28.2 Å². The van der Waals surface area contributed by atoms with Crippen molar-refractivity contribution in [3.05, 3.63) is 47.5 Å². The van der Waals surface area contributed by atoms with Gasteiger partial charge >= 0.3 is 12.2 Å². The maximum atomic E-state index is 14.3. The van der Waals surface area contributed by atoms with E-state index in [0.717, 1.165) is 6.26 Å². The van der Waals surface area contributed by atoms with Crippen molar-refractivity contribution in [2.24, 2.45) is 0 Å². The van der Waals surface area contributed by atoms with Crippen molar-refractivity contribution >= 4 is 21.7 Å². The number of hydrogen-bond acceptors (Lipinski definition) is 6. The first kappa shape index (κ1) is 24.2. The average Bonchev–Trinajstić information content (AvgIpc) is 3.13. The van der Waals surface area contributed by atoms with Crippen LogP contribution in [0.3, 0.4) is 0 Å². The van der Waals surface area contributed by atoms with Crippen LogP contribution in [-0.2, 0) is 22.6 Å². The van der Waals surface area contributed by atoms with Gasteiger partial charge < -0.3 is 14.7 Å². The highest BCUT2D eigenvalue weighted by molar-refractivity contribution is 7.90. The third-order valence-electron chi connectivity index (χ3n) is 6.03. The van der Waals surface area contributed by atoms with E-state index in [2.05, 4.69) is 9.97 Å². The maximum Gasteiger partial charge on any atom is 0.417 e. The Bertz CT molecular complexity index is 1170. The van der Waals surface area contributed by atoms with Crippen LogP contribution in [0, 0.1) is 5.82 Å². The predicted molar refractivity (Wildman–Crippen MR) is 114 cm³/mol. The van der Waals surface area contributed by atoms with Gasteiger partial charge in [-0.1, -0.05) is 6.07 Å². The first-order chi connectivity index (χ1) is 15.9. The maximum absolute atomic E-state index is 14.3. The molecular weight excluding hydrogens is 478 g/mol. The molecule has 2 aromatic rings. The summed E-state index contributed by atoms with van der Waals surface area (Å²) in [5.74, 6) is -1.14. The number of pyridine rings is 2. The molecular formula is C21H23F4N5O3S. The normalized spacial score (nSPS) is 18.1. The van der Waals surface area contributed by atoms with E-state index in [1.807, 2.05) is 0 Å². The third-order valence-corrected chi connectivity index (χ3v) is 7.03. The van der Waals surface area contributed by atoms with E-state index < -0.39 is 27.4 Å². The summed E-state index contributed by atoms with van der Waals surface area (Å²) in [5.41, 5.74) is -0.422. The van der Waals surface area contributed by atoms with E-state index in [0.29, 0.717) is 63.4 Å². The molecule has 0 bridgehead atoms. The summed E-state index contributed by atoms with van der Waals surface area (Å²) in [5, 5.41) is -0.0312. The van der Waals surface area contributed by atoms with Gasteiger partial charge in [0.05, 0.1) is 5.56 Å². The fourth-order valence-electron chi connectivity index (χ4n) is 4.24. The van der Waals surface area contributed by atoms with Crippen molar-refractivity contribution in [2.75, 3.05) is 37.3 Å². The van der Waals surface area contributed by atoms with Crippen LogP contribution < -0.4 is 4.90 Å². The lowest BCUT2D eigenvalue weighted by molar-refractivity contribution is -0.138. The molecule has 4 heterocycles. The molecule has 2 amide bonds. The lowest BCUT2D eigenvalue weighted by Gasteiger charge is -2.37. The van der Waals surface area contributed by atoms with Crippen LogP contribution in [-0.4, -0.2) is 72.7 Å². The molecule has 13 heteroatoms. The Hall–Kier alpha value is -2.96. The number of carbonyl (C=O) groups is 1. The fraction of sp³-hybridized carbons (Fsp3) is 0.476. The minimum atomic E-state index is -4.66. The number of aromatic nitrogens is 2. The molecule has 8 nitrogen and oxygen atoms in total. The molecule has 4 rings (SSSR count). The third kappa shape index (κ3) is 5.08. The Morgan fingerprint density at radius 3 is 2.32 bits per heavy atom. The second-order valence-electron chi connectivity index (χ2n) is 8.42. The van der Waals surface area contributed by atoms with Crippen molar-refractivity contribution in [1.82, 2.24) is 19.8 Å². The number of alkyl halides is 3. The summed E-state index contributed by atoms with van der Waals surface area (Å²) in [7, 11) is -3.40. The largest absolute Gasteiger partial charge is 0.417 e. The number of amides is 2. The highest BCUT2D eigenvalue weighted by Crippen LogP contribution is 2.32. The van der Waals surface area contributed by atoms with Gasteiger partial charge in [-0.25, -0.2) is 27.6 Å². The minimum Gasteiger partial charge on any atom is -0.354 e. The van der Waals surface area contributed by atoms with E-state index in [1.165, 1.54) is 12.3 Å². The zero-order valence-corrected chi connectivity index (χ0v) is 19.1. The number of anilines is 1. The molecule has 2 saturated heterocycles. The molecule has 34 heavy (non-hydrogen) atoms. The zero-order valence-electron chi connectivity index (χ0n) is 18.3. The van der Waals surface area contributed by atoms with Gasteiger partial charge in [0.2, 0.25) is 0 Å². The van der Waals surface area contributed by atoms with Gasteiger partial charge in [0.25, 0.3) is 0 Å². The summed E-state index contributed by atoms with van der Waals surface area (Å²) >= 11 is 0. The number of rotatable bonds is 5. The fourth-order valence-corrected chi connectivity index (χ4v) is 4.80. The average molecular weight is 502 g/mol. The molecule has 2 aromatic heterocycles. The van der Waals surface area contributed by atoms with Crippen molar-refractivity contribution in [3.63, 3.8) is 0 Å². The van der Waals surface area contributed by atoms with Crippen molar-refractivity contribution in [1.29, 1.82) is 0 Å². The molecule has 0 N–H and O–H groups in total. The second-order valence-corrected chi connectivity index (χ2v) is 10.4. The number of nitrogens with zero attached hydrogens (tertiary/aromatic N) is 5. The Balaban J connectivity index is 1.34. The van der Waals surface area contributed by atoms with E-state index in [-0.39, 0.29) is 22.9 Å². The van der Waals surface area contributed by atoms with Crippen LogP contribution in [0.1, 0.15) is 24.0 Å². The summed E-state index contributed by atoms with van der Waals surface area (Å²) in [6, 6.07) is 3.27. The number of piperidine rings is 1. The predicted octanol–water partition coefficient (Wildman–Crippen LogP) is 2.94. The Labute approximate surface area is 194 Å². The van der Waals surface area contributed by atoms with E-state index >= 15 is 0 Å². The van der Waals surface area contributed by atoms with E-state index in [1.54, 1.807) is 20.8 Å². The molecule has 2 aliphatic rings. The van der Waals surface area contributed by atoms with Crippen LogP contribution >= 0.6 is 0 Å². The van der Waals surface area contributed by atoms with E-state index in [9.17, 15) is 30.8 Å². The molecule has 0 unspecified atom stereocenters. The molecule has 0 aromatic carbocycles. The van der Waals surface area contributed by atoms with Gasteiger partial charge in [-0.2, -0.15) is 13.2 Å². The zero-order chi connectivity index (χ0) is 24.7. The van der Waals surface area contributed by atoms with Gasteiger partial charge in [-0.15, -0.1) is 0 Å². The molecule has 0 saturated carbocycles. The summed E-state index contributed by atoms with van der Waals surface area (Å²) in [4.78, 5) is 25.6. The first-order valence-corrected chi connectivity index (χ1v) is 12.5. The van der Waals surface area contributed by atoms with Crippen LogP contribution in [0.5, 0.6) is 0 Å². The highest BCUT2D eigenvalue weighted by Gasteiger charge is 2.36. The lowest BCUT2D eigenvalue weighted by Crippen LogP contribution is -2.47. The smallest absolute Gasteiger partial charge is 0.354 e. The molecule has 0 spiro atoms. The van der Waals surface area contributed by atoms with Gasteiger partial charge in [-0.3, -0.25) is 0 Å². The van der Waals surface area contributed by atoms with Gasteiger partial charge in [0, 0.05) is 57.4 Å². The summed E-state index contributed by atoms with van der Waals surface area (Å²) in [6.07, 6.45) is -0.448. The first-order valence-electron chi connectivity index (χ1n) is 10.6. The number of carbonyl (C=O) groups excluding carboxylic acids is 1. The molecule has 2 fully saturated rings. The summed E-state index contributed by atoms with van der Waals surface area (Å²) < 4.78 is 75.6. The van der Waals surface area contributed by atoms with Crippen LogP contribution in [0.25, 0.3) is 0 Å². The number of halogens is 4. The van der Waals surface area contributed by atoms with Gasteiger partial charge in [0.15, 0.2) is 26.5 Å². The SMILES string of the molecule is CS(=O)(=O)c1ccc(CN2CCN(C3CCN(c4ncc(C(F)(F)F)cc4F)CC3)C2=O)cn1. The monoisotopic (exact) mass is 501 g/mol. The Morgan fingerprint density at radius 1 is 1.06 bits per heavy atom. The van der Waals surface area contributed by atoms with Gasteiger partial charge in [-0.05, 0) is 30.5 Å². The number of urea groups is 1. The van der Waals surface area contributed by atoms with E-state index in [4.69, 9.17) is 0 Å². The Kier molecular flexibility index (Phi) is 6.40. The second kappa shape index (κ2) is 9.01. The van der Waals surface area contributed by atoms with Crippen molar-refractivity contribution < 1.29 is 30.8 Å². The molecule has 0 radical (unpaired) electrons. The number of hydrogen-bond donors (Lipinski definition) is 0. The summed E-state index contributed by atoms with van der Waals surface area (Å²) in [6.45, 7) is 2.04.